The fourth-order valence-electron chi connectivity index (χ4n) is 1.06. The van der Waals surface area contributed by atoms with E-state index in [2.05, 4.69) is 22.9 Å². The third-order valence-electron chi connectivity index (χ3n) is 1.82. The Morgan fingerprint density at radius 1 is 1.50 bits per heavy atom. The highest BCUT2D eigenvalue weighted by Crippen LogP contribution is 2.18. The van der Waals surface area contributed by atoms with Gasteiger partial charge in [0.15, 0.2) is 5.78 Å². The van der Waals surface area contributed by atoms with E-state index in [9.17, 15) is 4.79 Å². The first kappa shape index (κ1) is 9.46. The molecule has 12 heavy (non-hydrogen) atoms. The highest BCUT2D eigenvalue weighted by atomic mass is 79.9. The van der Waals surface area contributed by atoms with Crippen LogP contribution in [-0.4, -0.2) is 5.78 Å². The number of carbonyl (C=O) groups excluding carboxylic acids is 1. The number of aryl methyl sites for hydroxylation is 1. The molecule has 1 aromatic carbocycles. The van der Waals surface area contributed by atoms with E-state index in [1.54, 1.807) is 6.92 Å². The lowest BCUT2D eigenvalue weighted by molar-refractivity contribution is 0.101. The van der Waals surface area contributed by atoms with Gasteiger partial charge in [0, 0.05) is 10.0 Å². The Morgan fingerprint density at radius 2 is 2.17 bits per heavy atom. The van der Waals surface area contributed by atoms with Crippen LogP contribution in [-0.2, 0) is 6.42 Å². The lowest BCUT2D eigenvalue weighted by Gasteiger charge is -2.02. The second-order valence-electron chi connectivity index (χ2n) is 2.72. The monoisotopic (exact) mass is 226 g/mol. The Balaban J connectivity index is 3.17. The van der Waals surface area contributed by atoms with Crippen molar-refractivity contribution in [2.75, 3.05) is 0 Å². The van der Waals surface area contributed by atoms with E-state index in [-0.39, 0.29) is 5.78 Å². The molecule has 0 aliphatic rings. The maximum atomic E-state index is 11.1. The van der Waals surface area contributed by atoms with Gasteiger partial charge in [0.05, 0.1) is 0 Å². The van der Waals surface area contributed by atoms with Gasteiger partial charge in [-0.3, -0.25) is 4.79 Å². The number of halogens is 1. The van der Waals surface area contributed by atoms with Crippen LogP contribution in [0.25, 0.3) is 0 Å². The van der Waals surface area contributed by atoms with Gasteiger partial charge in [0.1, 0.15) is 0 Å². The topological polar surface area (TPSA) is 17.1 Å². The van der Waals surface area contributed by atoms with Crippen LogP contribution in [0.4, 0.5) is 0 Å². The summed E-state index contributed by atoms with van der Waals surface area (Å²) in [5.41, 5.74) is 1.97. The molecule has 0 saturated heterocycles. The Bertz CT molecular complexity index is 305. The van der Waals surface area contributed by atoms with Gasteiger partial charge >= 0.3 is 0 Å². The van der Waals surface area contributed by atoms with E-state index in [1.165, 1.54) is 5.56 Å². The standard InChI is InChI=1S/C10H11BrO/c1-3-8-4-5-10(11)9(6-8)7(2)12/h4-6H,3H2,1-2H3. The van der Waals surface area contributed by atoms with Crippen molar-refractivity contribution < 1.29 is 4.79 Å². The smallest absolute Gasteiger partial charge is 0.160 e. The first-order valence-electron chi connectivity index (χ1n) is 3.94. The minimum Gasteiger partial charge on any atom is -0.294 e. The number of hydrogen-bond donors (Lipinski definition) is 0. The zero-order valence-electron chi connectivity index (χ0n) is 7.23. The molecule has 2 heteroatoms. The third kappa shape index (κ3) is 1.95. The quantitative estimate of drug-likeness (QED) is 0.709. The molecule has 0 fully saturated rings. The molecule has 0 spiro atoms. The molecule has 0 radical (unpaired) electrons. The van der Waals surface area contributed by atoms with Crippen LogP contribution < -0.4 is 0 Å². The van der Waals surface area contributed by atoms with Crippen LogP contribution in [0.5, 0.6) is 0 Å². The van der Waals surface area contributed by atoms with E-state index in [0.29, 0.717) is 0 Å². The molecule has 0 amide bonds. The number of Topliss-reactive ketones (excluding diaryl/α,β-unsaturated/α-hetero) is 1. The van der Waals surface area contributed by atoms with Crippen molar-refractivity contribution in [1.29, 1.82) is 0 Å². The zero-order chi connectivity index (χ0) is 9.14. The molecule has 64 valence electrons. The summed E-state index contributed by atoms with van der Waals surface area (Å²) in [7, 11) is 0. The lowest BCUT2D eigenvalue weighted by atomic mass is 10.1. The fraction of sp³-hybridized carbons (Fsp3) is 0.300. The van der Waals surface area contributed by atoms with Gasteiger partial charge in [-0.2, -0.15) is 0 Å². The van der Waals surface area contributed by atoms with Gasteiger partial charge in [-0.1, -0.05) is 28.9 Å². The Labute approximate surface area is 80.9 Å². The highest BCUT2D eigenvalue weighted by Gasteiger charge is 2.04. The van der Waals surface area contributed by atoms with Crippen LogP contribution in [0.3, 0.4) is 0 Å². The van der Waals surface area contributed by atoms with Crippen LogP contribution in [0.1, 0.15) is 29.8 Å². The predicted molar refractivity (Wildman–Crippen MR) is 53.5 cm³/mol. The van der Waals surface area contributed by atoms with Crippen LogP contribution >= 0.6 is 15.9 Å². The first-order chi connectivity index (χ1) is 5.65. The summed E-state index contributed by atoms with van der Waals surface area (Å²) in [5, 5.41) is 0. The van der Waals surface area contributed by atoms with Crippen molar-refractivity contribution >= 4 is 21.7 Å². The number of hydrogen-bond acceptors (Lipinski definition) is 1. The molecular formula is C10H11BrO. The second kappa shape index (κ2) is 3.85. The third-order valence-corrected chi connectivity index (χ3v) is 2.51. The van der Waals surface area contributed by atoms with E-state index in [1.807, 2.05) is 18.2 Å². The molecule has 1 aromatic rings. The van der Waals surface area contributed by atoms with Gasteiger partial charge < -0.3 is 0 Å². The average Bonchev–Trinajstić information content (AvgIpc) is 2.05. The molecule has 0 atom stereocenters. The van der Waals surface area contributed by atoms with Crippen molar-refractivity contribution in [3.8, 4) is 0 Å². The molecule has 0 heterocycles. The summed E-state index contributed by atoms with van der Waals surface area (Å²) in [6.45, 7) is 3.66. The largest absolute Gasteiger partial charge is 0.294 e. The number of rotatable bonds is 2. The van der Waals surface area contributed by atoms with Crippen molar-refractivity contribution in [3.05, 3.63) is 33.8 Å². The SMILES string of the molecule is CCc1ccc(Br)c(C(C)=O)c1. The minimum atomic E-state index is 0.108. The molecule has 0 bridgehead atoms. The lowest BCUT2D eigenvalue weighted by Crippen LogP contribution is -1.95. The van der Waals surface area contributed by atoms with Crippen molar-refractivity contribution in [2.45, 2.75) is 20.3 Å². The van der Waals surface area contributed by atoms with Gasteiger partial charge in [-0.15, -0.1) is 0 Å². The summed E-state index contributed by atoms with van der Waals surface area (Å²) in [6.07, 6.45) is 0.966. The maximum Gasteiger partial charge on any atom is 0.160 e. The van der Waals surface area contributed by atoms with E-state index in [4.69, 9.17) is 0 Å². The van der Waals surface area contributed by atoms with Crippen LogP contribution in [0.2, 0.25) is 0 Å². The normalized spacial score (nSPS) is 9.92. The van der Waals surface area contributed by atoms with Gasteiger partial charge in [0.2, 0.25) is 0 Å². The van der Waals surface area contributed by atoms with Crippen LogP contribution in [0, 0.1) is 0 Å². The van der Waals surface area contributed by atoms with Crippen molar-refractivity contribution in [2.24, 2.45) is 0 Å². The maximum absolute atomic E-state index is 11.1. The average molecular weight is 227 g/mol. The number of carbonyl (C=O) groups is 1. The van der Waals surface area contributed by atoms with Gasteiger partial charge in [-0.05, 0) is 31.0 Å². The highest BCUT2D eigenvalue weighted by molar-refractivity contribution is 9.10. The van der Waals surface area contributed by atoms with Crippen molar-refractivity contribution in [3.63, 3.8) is 0 Å². The van der Waals surface area contributed by atoms with Crippen LogP contribution in [0.15, 0.2) is 22.7 Å². The summed E-state index contributed by atoms with van der Waals surface area (Å²) in [4.78, 5) is 11.1. The Hall–Kier alpha value is -0.630. The molecule has 1 rings (SSSR count). The molecule has 0 unspecified atom stereocenters. The molecule has 0 N–H and O–H groups in total. The Kier molecular flexibility index (Phi) is 3.04. The van der Waals surface area contributed by atoms with Crippen molar-refractivity contribution in [1.82, 2.24) is 0 Å². The van der Waals surface area contributed by atoms with E-state index < -0.39 is 0 Å². The van der Waals surface area contributed by atoms with Gasteiger partial charge in [-0.25, -0.2) is 0 Å². The molecule has 0 aliphatic carbocycles. The minimum absolute atomic E-state index is 0.108. The molecule has 0 aliphatic heterocycles. The predicted octanol–water partition coefficient (Wildman–Crippen LogP) is 3.21. The van der Waals surface area contributed by atoms with E-state index in [0.717, 1.165) is 16.5 Å². The summed E-state index contributed by atoms with van der Waals surface area (Å²) >= 11 is 3.34. The summed E-state index contributed by atoms with van der Waals surface area (Å²) in [6, 6.07) is 5.89. The molecule has 0 saturated carbocycles. The van der Waals surface area contributed by atoms with E-state index >= 15 is 0 Å². The second-order valence-corrected chi connectivity index (χ2v) is 3.58. The number of benzene rings is 1. The zero-order valence-corrected chi connectivity index (χ0v) is 8.81. The molecular weight excluding hydrogens is 216 g/mol. The fourth-order valence-corrected chi connectivity index (χ4v) is 1.59. The summed E-state index contributed by atoms with van der Waals surface area (Å²) in [5.74, 6) is 0.108. The first-order valence-corrected chi connectivity index (χ1v) is 4.73. The molecule has 1 nitrogen and oxygen atoms in total. The van der Waals surface area contributed by atoms with Gasteiger partial charge in [0.25, 0.3) is 0 Å². The molecule has 0 aromatic heterocycles. The number of ketones is 1. The Morgan fingerprint density at radius 3 is 2.67 bits per heavy atom. The summed E-state index contributed by atoms with van der Waals surface area (Å²) < 4.78 is 0.882.